The van der Waals surface area contributed by atoms with Crippen LogP contribution in [-0.4, -0.2) is 53.1 Å². The van der Waals surface area contributed by atoms with Crippen molar-refractivity contribution in [3.8, 4) is 0 Å². The molecule has 1 heterocycles. The molecule has 21 heavy (non-hydrogen) atoms. The van der Waals surface area contributed by atoms with Crippen LogP contribution in [0.1, 0.15) is 6.92 Å². The van der Waals surface area contributed by atoms with E-state index in [0.717, 1.165) is 0 Å². The summed E-state index contributed by atoms with van der Waals surface area (Å²) >= 11 is 0. The van der Waals surface area contributed by atoms with E-state index in [4.69, 9.17) is 9.47 Å². The molecular formula is C14H19NO5S. The molecule has 116 valence electrons. The zero-order valence-electron chi connectivity index (χ0n) is 12.1. The van der Waals surface area contributed by atoms with Gasteiger partial charge in [-0.15, -0.1) is 0 Å². The number of rotatable bonds is 4. The number of carbonyl (C=O) groups excluding carboxylic acids is 1. The average molecular weight is 313 g/mol. The molecule has 0 bridgehead atoms. The lowest BCUT2D eigenvalue weighted by Gasteiger charge is -2.36. The number of carbonyl (C=O) groups is 1. The van der Waals surface area contributed by atoms with Gasteiger partial charge in [-0.3, -0.25) is 0 Å². The maximum absolute atomic E-state index is 12.2. The van der Waals surface area contributed by atoms with Crippen molar-refractivity contribution in [2.75, 3.05) is 37.5 Å². The Morgan fingerprint density at radius 3 is 2.81 bits per heavy atom. The lowest BCUT2D eigenvalue weighted by Crippen LogP contribution is -2.51. The van der Waals surface area contributed by atoms with Gasteiger partial charge < -0.3 is 14.4 Å². The highest BCUT2D eigenvalue weighted by molar-refractivity contribution is 7.91. The third kappa shape index (κ3) is 3.19. The van der Waals surface area contributed by atoms with Gasteiger partial charge in [0.2, 0.25) is 0 Å². The summed E-state index contributed by atoms with van der Waals surface area (Å²) in [5.41, 5.74) is 0.526. The predicted molar refractivity (Wildman–Crippen MR) is 78.1 cm³/mol. The molecule has 1 aromatic carbocycles. The van der Waals surface area contributed by atoms with Gasteiger partial charge in [0, 0.05) is 6.54 Å². The molecule has 1 aromatic rings. The maximum atomic E-state index is 12.2. The normalized spacial score (nSPS) is 19.3. The van der Waals surface area contributed by atoms with Crippen molar-refractivity contribution < 1.29 is 22.7 Å². The fourth-order valence-corrected chi connectivity index (χ4v) is 3.44. The van der Waals surface area contributed by atoms with E-state index in [9.17, 15) is 13.2 Å². The van der Waals surface area contributed by atoms with Gasteiger partial charge in [0.1, 0.15) is 0 Å². The molecule has 0 aromatic heterocycles. The maximum Gasteiger partial charge on any atom is 0.330 e. The first-order valence-corrected chi connectivity index (χ1v) is 8.40. The predicted octanol–water partition coefficient (Wildman–Crippen LogP) is 0.858. The highest BCUT2D eigenvalue weighted by atomic mass is 32.2. The van der Waals surface area contributed by atoms with E-state index in [1.807, 2.05) is 0 Å². The fraction of sp³-hybridized carbons (Fsp3) is 0.500. The first-order chi connectivity index (χ1) is 10.0. The second-order valence-corrected chi connectivity index (χ2v) is 6.93. The minimum atomic E-state index is -3.37. The van der Waals surface area contributed by atoms with Crippen LogP contribution in [0.5, 0.6) is 0 Å². The summed E-state index contributed by atoms with van der Waals surface area (Å²) in [6.45, 7) is 2.67. The molecular weight excluding hydrogens is 294 g/mol. The van der Waals surface area contributed by atoms with E-state index in [-0.39, 0.29) is 17.3 Å². The number of hydrogen-bond acceptors (Lipinski definition) is 6. The number of ether oxygens (including phenoxy) is 2. The molecule has 0 aliphatic carbocycles. The van der Waals surface area contributed by atoms with Crippen molar-refractivity contribution in [1.82, 2.24) is 0 Å². The van der Waals surface area contributed by atoms with E-state index in [1.54, 1.807) is 36.1 Å². The molecule has 0 N–H and O–H groups in total. The summed E-state index contributed by atoms with van der Waals surface area (Å²) in [6, 6.07) is 6.09. The van der Waals surface area contributed by atoms with Crippen LogP contribution < -0.4 is 4.90 Å². The molecule has 0 amide bonds. The molecule has 0 saturated carbocycles. The van der Waals surface area contributed by atoms with Gasteiger partial charge in [-0.2, -0.15) is 0 Å². The number of nitrogens with zero attached hydrogens (tertiary/aromatic N) is 1. The minimum Gasteiger partial charge on any atom is -0.467 e. The van der Waals surface area contributed by atoms with Crippen LogP contribution in [0.4, 0.5) is 5.69 Å². The van der Waals surface area contributed by atoms with E-state index in [1.165, 1.54) is 7.11 Å². The van der Waals surface area contributed by atoms with Crippen LogP contribution in [0.25, 0.3) is 0 Å². The Kier molecular flexibility index (Phi) is 4.84. The molecule has 0 spiro atoms. The molecule has 1 atom stereocenters. The summed E-state index contributed by atoms with van der Waals surface area (Å²) < 4.78 is 34.6. The summed E-state index contributed by atoms with van der Waals surface area (Å²) in [5, 5.41) is 0. The minimum absolute atomic E-state index is 0.0112. The summed E-state index contributed by atoms with van der Waals surface area (Å²) in [6.07, 6.45) is 0. The van der Waals surface area contributed by atoms with E-state index < -0.39 is 21.8 Å². The number of hydrogen-bond donors (Lipinski definition) is 0. The number of benzene rings is 1. The van der Waals surface area contributed by atoms with E-state index >= 15 is 0 Å². The van der Waals surface area contributed by atoms with Gasteiger partial charge in [-0.1, -0.05) is 19.1 Å². The van der Waals surface area contributed by atoms with Crippen LogP contribution >= 0.6 is 0 Å². The van der Waals surface area contributed by atoms with Crippen molar-refractivity contribution in [2.24, 2.45) is 0 Å². The van der Waals surface area contributed by atoms with Crippen LogP contribution in [0, 0.1) is 0 Å². The Morgan fingerprint density at radius 1 is 1.43 bits per heavy atom. The second-order valence-electron chi connectivity index (χ2n) is 4.68. The lowest BCUT2D eigenvalue weighted by molar-refractivity contribution is -0.144. The van der Waals surface area contributed by atoms with Crippen molar-refractivity contribution >= 4 is 21.5 Å². The highest BCUT2D eigenvalue weighted by Crippen LogP contribution is 2.29. The molecule has 7 heteroatoms. The van der Waals surface area contributed by atoms with Crippen LogP contribution in [0.3, 0.4) is 0 Å². The third-order valence-electron chi connectivity index (χ3n) is 3.49. The lowest BCUT2D eigenvalue weighted by atomic mass is 10.2. The quantitative estimate of drug-likeness (QED) is 0.768. The van der Waals surface area contributed by atoms with Crippen molar-refractivity contribution in [1.29, 1.82) is 0 Å². The SMILES string of the molecule is CCS(=O)(=O)c1ccccc1N1CCOCC1C(=O)OC. The Labute approximate surface area is 124 Å². The Bertz CT molecular complexity index is 614. The van der Waals surface area contributed by atoms with Gasteiger partial charge in [0.05, 0.1) is 36.7 Å². The summed E-state index contributed by atoms with van der Waals surface area (Å²) in [5.74, 6) is -0.421. The van der Waals surface area contributed by atoms with Gasteiger partial charge >= 0.3 is 5.97 Å². The first-order valence-electron chi connectivity index (χ1n) is 6.75. The standard InChI is InChI=1S/C14H19NO5S/c1-3-21(17,18)13-7-5-4-6-11(13)15-8-9-20-10-12(15)14(16)19-2/h4-7,12H,3,8-10H2,1-2H3. The molecule has 0 radical (unpaired) electrons. The van der Waals surface area contributed by atoms with Gasteiger partial charge in [-0.05, 0) is 12.1 Å². The number of methoxy groups -OCH3 is 1. The zero-order chi connectivity index (χ0) is 15.5. The number of morpholine rings is 1. The number of sulfone groups is 1. The zero-order valence-corrected chi connectivity index (χ0v) is 12.9. The van der Waals surface area contributed by atoms with E-state index in [0.29, 0.717) is 18.8 Å². The van der Waals surface area contributed by atoms with Gasteiger partial charge in [0.15, 0.2) is 15.9 Å². The summed E-state index contributed by atoms with van der Waals surface area (Å²) in [7, 11) is -2.06. The fourth-order valence-electron chi connectivity index (χ4n) is 2.34. The summed E-state index contributed by atoms with van der Waals surface area (Å²) in [4.78, 5) is 13.9. The van der Waals surface area contributed by atoms with Crippen molar-refractivity contribution in [2.45, 2.75) is 17.9 Å². The second kappa shape index (κ2) is 6.44. The average Bonchev–Trinajstić information content (AvgIpc) is 2.54. The largest absolute Gasteiger partial charge is 0.467 e. The molecule has 1 aliphatic rings. The molecule has 1 fully saturated rings. The van der Waals surface area contributed by atoms with Crippen LogP contribution in [-0.2, 0) is 24.1 Å². The van der Waals surface area contributed by atoms with Gasteiger partial charge in [-0.25, -0.2) is 13.2 Å². The van der Waals surface area contributed by atoms with E-state index in [2.05, 4.69) is 0 Å². The molecule has 2 rings (SSSR count). The molecule has 1 aliphatic heterocycles. The van der Waals surface area contributed by atoms with Gasteiger partial charge in [0.25, 0.3) is 0 Å². The van der Waals surface area contributed by atoms with Crippen LogP contribution in [0.15, 0.2) is 29.2 Å². The van der Waals surface area contributed by atoms with Crippen molar-refractivity contribution in [3.63, 3.8) is 0 Å². The van der Waals surface area contributed by atoms with Crippen LogP contribution in [0.2, 0.25) is 0 Å². The number of anilines is 1. The molecule has 6 nitrogen and oxygen atoms in total. The van der Waals surface area contributed by atoms with Crippen molar-refractivity contribution in [3.05, 3.63) is 24.3 Å². The Balaban J connectivity index is 2.47. The third-order valence-corrected chi connectivity index (χ3v) is 5.27. The first kappa shape index (κ1) is 15.8. The molecule has 1 unspecified atom stereocenters. The monoisotopic (exact) mass is 313 g/mol. The number of para-hydroxylation sites is 1. The smallest absolute Gasteiger partial charge is 0.330 e. The highest BCUT2D eigenvalue weighted by Gasteiger charge is 2.33. The molecule has 1 saturated heterocycles. The Morgan fingerprint density at radius 2 is 2.14 bits per heavy atom. The topological polar surface area (TPSA) is 72.9 Å². The Hall–Kier alpha value is -1.60. The number of esters is 1.